The number of nitrogens with one attached hydrogen (secondary N) is 2. The van der Waals surface area contributed by atoms with E-state index in [4.69, 9.17) is 0 Å². The van der Waals surface area contributed by atoms with Gasteiger partial charge >= 0.3 is 0 Å². The average Bonchev–Trinajstić information content (AvgIpc) is 2.51. The molecular formula is C15H15BrN2O5S. The highest BCUT2D eigenvalue weighted by Gasteiger charge is 2.13. The summed E-state index contributed by atoms with van der Waals surface area (Å²) in [4.78, 5) is 12.0. The van der Waals surface area contributed by atoms with Crippen LogP contribution < -0.4 is 10.0 Å². The monoisotopic (exact) mass is 414 g/mol. The maximum absolute atomic E-state index is 12.0. The molecule has 24 heavy (non-hydrogen) atoms. The van der Waals surface area contributed by atoms with Gasteiger partial charge < -0.3 is 15.5 Å². The van der Waals surface area contributed by atoms with E-state index < -0.39 is 15.9 Å². The van der Waals surface area contributed by atoms with E-state index in [0.29, 0.717) is 0 Å². The first-order valence-corrected chi connectivity index (χ1v) is 9.12. The molecule has 0 heterocycles. The van der Waals surface area contributed by atoms with Crippen LogP contribution in [0.1, 0.15) is 10.4 Å². The molecule has 0 fully saturated rings. The first-order valence-electron chi connectivity index (χ1n) is 6.84. The molecule has 128 valence electrons. The standard InChI is InChI=1S/C15H15BrN2O5S/c16-11-1-3-14(4-2-11)24(22,23)18-6-5-17-15(21)10-7-12(19)9-13(20)8-10/h1-4,7-9,18-20H,5-6H2,(H,17,21). The van der Waals surface area contributed by atoms with Crippen molar-refractivity contribution in [2.45, 2.75) is 4.90 Å². The van der Waals surface area contributed by atoms with Gasteiger partial charge in [-0.15, -0.1) is 0 Å². The van der Waals surface area contributed by atoms with Gasteiger partial charge in [-0.25, -0.2) is 13.1 Å². The number of rotatable bonds is 6. The number of hydrogen-bond acceptors (Lipinski definition) is 5. The second-order valence-electron chi connectivity index (χ2n) is 4.85. The number of carbonyl (C=O) groups is 1. The molecule has 0 bridgehead atoms. The summed E-state index contributed by atoms with van der Waals surface area (Å²) in [5, 5.41) is 21.2. The van der Waals surface area contributed by atoms with Crippen molar-refractivity contribution < 1.29 is 23.4 Å². The lowest BCUT2D eigenvalue weighted by molar-refractivity contribution is 0.0953. The predicted molar refractivity (Wildman–Crippen MR) is 91.4 cm³/mol. The van der Waals surface area contributed by atoms with Gasteiger partial charge in [-0.2, -0.15) is 0 Å². The molecule has 2 aromatic carbocycles. The SMILES string of the molecule is O=C(NCCNS(=O)(=O)c1ccc(Br)cc1)c1cc(O)cc(O)c1. The van der Waals surface area contributed by atoms with E-state index in [9.17, 15) is 23.4 Å². The van der Waals surface area contributed by atoms with Gasteiger partial charge in [0, 0.05) is 29.2 Å². The number of sulfonamides is 1. The third-order valence-corrected chi connectivity index (χ3v) is 5.00. The fourth-order valence-electron chi connectivity index (χ4n) is 1.89. The van der Waals surface area contributed by atoms with Gasteiger partial charge in [0.25, 0.3) is 5.91 Å². The average molecular weight is 415 g/mol. The Bertz CT molecular complexity index is 817. The highest BCUT2D eigenvalue weighted by Crippen LogP contribution is 2.20. The smallest absolute Gasteiger partial charge is 0.251 e. The highest BCUT2D eigenvalue weighted by atomic mass is 79.9. The van der Waals surface area contributed by atoms with E-state index in [1.807, 2.05) is 0 Å². The Morgan fingerprint density at radius 3 is 2.17 bits per heavy atom. The van der Waals surface area contributed by atoms with Crippen molar-refractivity contribution in [2.75, 3.05) is 13.1 Å². The minimum absolute atomic E-state index is 0.00502. The fourth-order valence-corrected chi connectivity index (χ4v) is 3.18. The van der Waals surface area contributed by atoms with Crippen LogP contribution in [-0.2, 0) is 10.0 Å². The summed E-state index contributed by atoms with van der Waals surface area (Å²) in [6.07, 6.45) is 0. The Morgan fingerprint density at radius 1 is 1.00 bits per heavy atom. The quantitative estimate of drug-likeness (QED) is 0.535. The third kappa shape index (κ3) is 4.95. The maximum atomic E-state index is 12.0. The van der Waals surface area contributed by atoms with Crippen LogP contribution >= 0.6 is 15.9 Å². The minimum Gasteiger partial charge on any atom is -0.508 e. The zero-order valence-corrected chi connectivity index (χ0v) is 14.8. The number of phenols is 2. The van der Waals surface area contributed by atoms with E-state index in [0.717, 1.165) is 10.5 Å². The molecule has 0 aliphatic rings. The molecule has 0 aromatic heterocycles. The predicted octanol–water partition coefficient (Wildman–Crippen LogP) is 1.57. The lowest BCUT2D eigenvalue weighted by Gasteiger charge is -2.09. The van der Waals surface area contributed by atoms with Gasteiger partial charge in [0.05, 0.1) is 4.90 Å². The molecule has 0 spiro atoms. The molecule has 1 amide bonds. The first-order chi connectivity index (χ1) is 11.3. The van der Waals surface area contributed by atoms with Gasteiger partial charge in [-0.3, -0.25) is 4.79 Å². The number of carbonyl (C=O) groups excluding carboxylic acids is 1. The van der Waals surface area contributed by atoms with E-state index in [2.05, 4.69) is 26.0 Å². The van der Waals surface area contributed by atoms with E-state index in [-0.39, 0.29) is 35.0 Å². The number of halogens is 1. The second kappa shape index (κ2) is 7.65. The summed E-state index contributed by atoms with van der Waals surface area (Å²) in [5.41, 5.74) is 0.0725. The Kier molecular flexibility index (Phi) is 5.81. The highest BCUT2D eigenvalue weighted by molar-refractivity contribution is 9.10. The Morgan fingerprint density at radius 2 is 1.58 bits per heavy atom. The van der Waals surface area contributed by atoms with Gasteiger partial charge in [0.2, 0.25) is 10.0 Å². The summed E-state index contributed by atoms with van der Waals surface area (Å²) in [5.74, 6) is -1.02. The molecule has 0 unspecified atom stereocenters. The molecule has 2 rings (SSSR count). The summed E-state index contributed by atoms with van der Waals surface area (Å²) in [6, 6.07) is 9.64. The van der Waals surface area contributed by atoms with Crippen molar-refractivity contribution in [3.8, 4) is 11.5 Å². The van der Waals surface area contributed by atoms with Crippen molar-refractivity contribution in [2.24, 2.45) is 0 Å². The third-order valence-electron chi connectivity index (χ3n) is 2.99. The van der Waals surface area contributed by atoms with Crippen LogP contribution in [0.2, 0.25) is 0 Å². The topological polar surface area (TPSA) is 116 Å². The molecule has 0 aliphatic heterocycles. The zero-order chi connectivity index (χ0) is 17.7. The normalized spacial score (nSPS) is 11.2. The van der Waals surface area contributed by atoms with Gasteiger partial charge in [0.1, 0.15) is 11.5 Å². The lowest BCUT2D eigenvalue weighted by Crippen LogP contribution is -2.34. The molecule has 0 radical (unpaired) electrons. The van der Waals surface area contributed by atoms with Gasteiger partial charge in [-0.05, 0) is 36.4 Å². The van der Waals surface area contributed by atoms with E-state index in [1.54, 1.807) is 12.1 Å². The van der Waals surface area contributed by atoms with Crippen LogP contribution in [0.4, 0.5) is 0 Å². The summed E-state index contributed by atoms with van der Waals surface area (Å²) < 4.78 is 27.2. The largest absolute Gasteiger partial charge is 0.508 e. The number of aromatic hydroxyl groups is 2. The van der Waals surface area contributed by atoms with Crippen LogP contribution in [0.3, 0.4) is 0 Å². The molecule has 2 aromatic rings. The number of phenolic OH excluding ortho intramolecular Hbond substituents is 2. The molecule has 4 N–H and O–H groups in total. The lowest BCUT2D eigenvalue weighted by atomic mass is 10.2. The van der Waals surface area contributed by atoms with E-state index in [1.165, 1.54) is 24.3 Å². The zero-order valence-electron chi connectivity index (χ0n) is 12.4. The van der Waals surface area contributed by atoms with Crippen LogP contribution in [0.5, 0.6) is 11.5 Å². The fraction of sp³-hybridized carbons (Fsp3) is 0.133. The van der Waals surface area contributed by atoms with Crippen molar-refractivity contribution in [3.63, 3.8) is 0 Å². The maximum Gasteiger partial charge on any atom is 0.251 e. The molecular weight excluding hydrogens is 400 g/mol. The van der Waals surface area contributed by atoms with Crippen molar-refractivity contribution in [1.82, 2.24) is 10.0 Å². The summed E-state index contributed by atoms with van der Waals surface area (Å²) in [7, 11) is -3.66. The van der Waals surface area contributed by atoms with Crippen molar-refractivity contribution >= 4 is 31.9 Å². The van der Waals surface area contributed by atoms with Gasteiger partial charge in [-0.1, -0.05) is 15.9 Å². The Labute approximate surface area is 147 Å². The van der Waals surface area contributed by atoms with Crippen molar-refractivity contribution in [3.05, 3.63) is 52.5 Å². The Hall–Kier alpha value is -2.10. The molecule has 0 saturated heterocycles. The minimum atomic E-state index is -3.66. The first kappa shape index (κ1) is 18.2. The summed E-state index contributed by atoms with van der Waals surface area (Å²) in [6.45, 7) is 0.0416. The number of hydrogen-bond donors (Lipinski definition) is 4. The van der Waals surface area contributed by atoms with Crippen molar-refractivity contribution in [1.29, 1.82) is 0 Å². The molecule has 9 heteroatoms. The number of benzene rings is 2. The second-order valence-corrected chi connectivity index (χ2v) is 7.53. The molecule has 7 nitrogen and oxygen atoms in total. The van der Waals surface area contributed by atoms with Crippen LogP contribution in [0, 0.1) is 0 Å². The molecule has 0 aliphatic carbocycles. The van der Waals surface area contributed by atoms with Crippen LogP contribution in [-0.4, -0.2) is 37.6 Å². The van der Waals surface area contributed by atoms with Gasteiger partial charge in [0.15, 0.2) is 0 Å². The Balaban J connectivity index is 1.88. The van der Waals surface area contributed by atoms with E-state index >= 15 is 0 Å². The van der Waals surface area contributed by atoms with Crippen LogP contribution in [0.25, 0.3) is 0 Å². The number of amides is 1. The van der Waals surface area contributed by atoms with Crippen LogP contribution in [0.15, 0.2) is 51.8 Å². The molecule has 0 saturated carbocycles. The molecule has 0 atom stereocenters. The summed E-state index contributed by atoms with van der Waals surface area (Å²) >= 11 is 3.23.